The molecule has 1 aromatic heterocycles. The van der Waals surface area contributed by atoms with Gasteiger partial charge in [0.25, 0.3) is 0 Å². The van der Waals surface area contributed by atoms with Crippen LogP contribution in [-0.4, -0.2) is 53.2 Å². The SMILES string of the molecule is COc1ccc(Cl)cc1NC(=O)CN(C)[C@@H](C)C(=O)Nc1c(C)nn(C)c1C. The van der Waals surface area contributed by atoms with E-state index in [1.807, 2.05) is 20.9 Å². The molecule has 2 aromatic rings. The second-order valence-corrected chi connectivity index (χ2v) is 7.08. The molecule has 0 radical (unpaired) electrons. The molecule has 1 aromatic carbocycles. The molecule has 1 atom stereocenters. The molecule has 0 unspecified atom stereocenters. The Balaban J connectivity index is 1.99. The number of benzene rings is 1. The van der Waals surface area contributed by atoms with Gasteiger partial charge in [0.05, 0.1) is 42.5 Å². The van der Waals surface area contributed by atoms with Gasteiger partial charge in [0, 0.05) is 12.1 Å². The highest BCUT2D eigenvalue weighted by molar-refractivity contribution is 6.31. The Bertz CT molecular complexity index is 881. The van der Waals surface area contributed by atoms with E-state index in [9.17, 15) is 9.59 Å². The van der Waals surface area contributed by atoms with Crippen LogP contribution in [0.4, 0.5) is 11.4 Å². The summed E-state index contributed by atoms with van der Waals surface area (Å²) in [7, 11) is 5.05. The van der Waals surface area contributed by atoms with Crippen LogP contribution >= 0.6 is 11.6 Å². The maximum absolute atomic E-state index is 12.6. The largest absolute Gasteiger partial charge is 0.495 e. The van der Waals surface area contributed by atoms with Crippen molar-refractivity contribution >= 4 is 34.8 Å². The van der Waals surface area contributed by atoms with E-state index in [0.717, 1.165) is 11.4 Å². The minimum atomic E-state index is -0.522. The van der Waals surface area contributed by atoms with Crippen LogP contribution < -0.4 is 15.4 Å². The molecule has 152 valence electrons. The molecular formula is C19H26ClN5O3. The Morgan fingerprint density at radius 2 is 2.00 bits per heavy atom. The fraction of sp³-hybridized carbons (Fsp3) is 0.421. The van der Waals surface area contributed by atoms with Crippen LogP contribution in [0.2, 0.25) is 5.02 Å². The molecule has 2 N–H and O–H groups in total. The predicted molar refractivity (Wildman–Crippen MR) is 110 cm³/mol. The molecule has 1 heterocycles. The number of halogens is 1. The minimum Gasteiger partial charge on any atom is -0.495 e. The quantitative estimate of drug-likeness (QED) is 0.736. The van der Waals surface area contributed by atoms with Gasteiger partial charge in [0.1, 0.15) is 5.75 Å². The zero-order valence-electron chi connectivity index (χ0n) is 17.0. The van der Waals surface area contributed by atoms with E-state index in [2.05, 4.69) is 15.7 Å². The highest BCUT2D eigenvalue weighted by Gasteiger charge is 2.22. The number of hydrogen-bond acceptors (Lipinski definition) is 5. The van der Waals surface area contributed by atoms with Crippen molar-refractivity contribution in [1.82, 2.24) is 14.7 Å². The van der Waals surface area contributed by atoms with Crippen molar-refractivity contribution in [3.63, 3.8) is 0 Å². The average Bonchev–Trinajstić information content (AvgIpc) is 2.87. The van der Waals surface area contributed by atoms with Gasteiger partial charge in [-0.3, -0.25) is 19.2 Å². The first kappa shape index (κ1) is 21.7. The van der Waals surface area contributed by atoms with E-state index in [4.69, 9.17) is 16.3 Å². The molecule has 0 saturated heterocycles. The van der Waals surface area contributed by atoms with Gasteiger partial charge < -0.3 is 15.4 Å². The molecule has 0 saturated carbocycles. The molecule has 0 aliphatic carbocycles. The van der Waals surface area contributed by atoms with Crippen LogP contribution in [0, 0.1) is 13.8 Å². The average molecular weight is 408 g/mol. The Kier molecular flexibility index (Phi) is 7.04. The molecule has 2 rings (SSSR count). The van der Waals surface area contributed by atoms with Crippen molar-refractivity contribution in [3.05, 3.63) is 34.6 Å². The van der Waals surface area contributed by atoms with Crippen LogP contribution in [0.1, 0.15) is 18.3 Å². The monoisotopic (exact) mass is 407 g/mol. The number of amides is 2. The van der Waals surface area contributed by atoms with Gasteiger partial charge in [-0.1, -0.05) is 11.6 Å². The number of likely N-dealkylation sites (N-methyl/N-ethyl adjacent to an activating group) is 1. The summed E-state index contributed by atoms with van der Waals surface area (Å²) < 4.78 is 6.94. The number of ether oxygens (including phenoxy) is 1. The summed E-state index contributed by atoms with van der Waals surface area (Å²) in [6, 6.07) is 4.45. The fourth-order valence-electron chi connectivity index (χ4n) is 2.71. The zero-order valence-corrected chi connectivity index (χ0v) is 17.7. The topological polar surface area (TPSA) is 88.5 Å². The van der Waals surface area contributed by atoms with Crippen LogP contribution in [0.5, 0.6) is 5.75 Å². The normalized spacial score (nSPS) is 12.0. The molecule has 28 heavy (non-hydrogen) atoms. The summed E-state index contributed by atoms with van der Waals surface area (Å²) in [6.07, 6.45) is 0. The third-order valence-electron chi connectivity index (χ3n) is 4.63. The number of nitrogens with zero attached hydrogens (tertiary/aromatic N) is 3. The fourth-order valence-corrected chi connectivity index (χ4v) is 2.89. The smallest absolute Gasteiger partial charge is 0.241 e. The number of carbonyl (C=O) groups is 2. The third-order valence-corrected chi connectivity index (χ3v) is 4.86. The standard InChI is InChI=1S/C19H26ClN5O3/c1-11-18(12(2)25(5)23-11)22-19(27)13(3)24(4)10-17(26)21-15-9-14(20)7-8-16(15)28-6/h7-9,13H,10H2,1-6H3,(H,21,26)(H,22,27)/t13-/m0/s1. The van der Waals surface area contributed by atoms with Gasteiger partial charge in [-0.25, -0.2) is 0 Å². The maximum atomic E-state index is 12.6. The Hall–Kier alpha value is -2.58. The Labute approximate surface area is 169 Å². The van der Waals surface area contributed by atoms with E-state index >= 15 is 0 Å². The van der Waals surface area contributed by atoms with Gasteiger partial charge >= 0.3 is 0 Å². The van der Waals surface area contributed by atoms with Gasteiger partial charge in [-0.2, -0.15) is 5.10 Å². The number of anilines is 2. The lowest BCUT2D eigenvalue weighted by Crippen LogP contribution is -2.43. The summed E-state index contributed by atoms with van der Waals surface area (Å²) in [5.74, 6) is 0.0139. The van der Waals surface area contributed by atoms with E-state index in [1.165, 1.54) is 7.11 Å². The molecule has 0 fully saturated rings. The first-order valence-corrected chi connectivity index (χ1v) is 9.16. The third kappa shape index (κ3) is 5.02. The summed E-state index contributed by atoms with van der Waals surface area (Å²) in [5, 5.41) is 10.4. The van der Waals surface area contributed by atoms with Gasteiger partial charge in [0.15, 0.2) is 0 Å². The molecule has 9 heteroatoms. The first-order chi connectivity index (χ1) is 13.1. The molecule has 0 aliphatic rings. The Morgan fingerprint density at radius 1 is 1.32 bits per heavy atom. The Morgan fingerprint density at radius 3 is 2.57 bits per heavy atom. The van der Waals surface area contributed by atoms with Crippen LogP contribution in [0.25, 0.3) is 0 Å². The second-order valence-electron chi connectivity index (χ2n) is 6.64. The molecule has 0 bridgehead atoms. The summed E-state index contributed by atoms with van der Waals surface area (Å²) in [4.78, 5) is 26.7. The zero-order chi connectivity index (χ0) is 21.0. The van der Waals surface area contributed by atoms with E-state index in [0.29, 0.717) is 22.1 Å². The number of aromatic nitrogens is 2. The van der Waals surface area contributed by atoms with Gasteiger partial charge in [-0.15, -0.1) is 0 Å². The summed E-state index contributed by atoms with van der Waals surface area (Å²) in [6.45, 7) is 5.48. The number of aryl methyl sites for hydroxylation is 2. The maximum Gasteiger partial charge on any atom is 0.241 e. The molecule has 2 amide bonds. The van der Waals surface area contributed by atoms with Crippen LogP contribution in [0.3, 0.4) is 0 Å². The lowest BCUT2D eigenvalue weighted by molar-refractivity contribution is -0.122. The number of hydrogen-bond donors (Lipinski definition) is 2. The number of carbonyl (C=O) groups excluding carboxylic acids is 2. The van der Waals surface area contributed by atoms with Crippen molar-refractivity contribution in [1.29, 1.82) is 0 Å². The van der Waals surface area contributed by atoms with Crippen LogP contribution in [0.15, 0.2) is 18.2 Å². The second kappa shape index (κ2) is 9.07. The van der Waals surface area contributed by atoms with Crippen molar-refractivity contribution in [3.8, 4) is 5.75 Å². The predicted octanol–water partition coefficient (Wildman–Crippen LogP) is 2.60. The lowest BCUT2D eigenvalue weighted by Gasteiger charge is -2.23. The highest BCUT2D eigenvalue weighted by Crippen LogP contribution is 2.27. The van der Waals surface area contributed by atoms with E-state index in [1.54, 1.807) is 41.8 Å². The van der Waals surface area contributed by atoms with Gasteiger partial charge in [-0.05, 0) is 46.0 Å². The lowest BCUT2D eigenvalue weighted by atomic mass is 10.2. The van der Waals surface area contributed by atoms with Gasteiger partial charge in [0.2, 0.25) is 11.8 Å². The summed E-state index contributed by atoms with van der Waals surface area (Å²) >= 11 is 5.98. The van der Waals surface area contributed by atoms with Crippen molar-refractivity contribution in [2.24, 2.45) is 7.05 Å². The highest BCUT2D eigenvalue weighted by atomic mass is 35.5. The van der Waals surface area contributed by atoms with Crippen LogP contribution in [-0.2, 0) is 16.6 Å². The van der Waals surface area contributed by atoms with E-state index in [-0.39, 0.29) is 18.4 Å². The summed E-state index contributed by atoms with van der Waals surface area (Å²) in [5.41, 5.74) is 2.79. The number of nitrogens with one attached hydrogen (secondary N) is 2. The van der Waals surface area contributed by atoms with E-state index < -0.39 is 6.04 Å². The molecular weight excluding hydrogens is 382 g/mol. The molecule has 8 nitrogen and oxygen atoms in total. The van der Waals surface area contributed by atoms with Crippen molar-refractivity contribution < 1.29 is 14.3 Å². The number of rotatable bonds is 7. The first-order valence-electron chi connectivity index (χ1n) is 8.78. The van der Waals surface area contributed by atoms with Crippen molar-refractivity contribution in [2.45, 2.75) is 26.8 Å². The molecule has 0 spiro atoms. The molecule has 0 aliphatic heterocycles. The van der Waals surface area contributed by atoms with Crippen molar-refractivity contribution in [2.75, 3.05) is 31.3 Å². The minimum absolute atomic E-state index is 0.0231. The number of methoxy groups -OCH3 is 1.